The van der Waals surface area contributed by atoms with E-state index >= 15 is 0 Å². The summed E-state index contributed by atoms with van der Waals surface area (Å²) in [6.07, 6.45) is 3.71. The molecule has 0 amide bonds. The molecule has 2 nitrogen and oxygen atoms in total. The minimum Gasteiger partial charge on any atom is -0.372 e. The maximum absolute atomic E-state index is 5.94. The van der Waals surface area contributed by atoms with Crippen LogP contribution >= 0.6 is 0 Å². The zero-order valence-electron chi connectivity index (χ0n) is 9.28. The number of rotatable bonds is 3. The predicted molar refractivity (Wildman–Crippen MR) is 61.6 cm³/mol. The second-order valence-corrected chi connectivity index (χ2v) is 4.43. The van der Waals surface area contributed by atoms with Gasteiger partial charge in [0.1, 0.15) is 0 Å². The topological polar surface area (TPSA) is 35.2 Å². The Morgan fingerprint density at radius 2 is 2.00 bits per heavy atom. The zero-order valence-corrected chi connectivity index (χ0v) is 9.28. The summed E-state index contributed by atoms with van der Waals surface area (Å²) in [7, 11) is 0. The number of hydrogen-bond donors (Lipinski definition) is 1. The Bertz CT molecular complexity index is 307. The van der Waals surface area contributed by atoms with Gasteiger partial charge in [-0.15, -0.1) is 0 Å². The van der Waals surface area contributed by atoms with Crippen molar-refractivity contribution in [3.8, 4) is 0 Å². The summed E-state index contributed by atoms with van der Waals surface area (Å²) in [6, 6.07) is 8.72. The van der Waals surface area contributed by atoms with Crippen molar-refractivity contribution < 1.29 is 4.74 Å². The van der Waals surface area contributed by atoms with E-state index < -0.39 is 0 Å². The Hall–Kier alpha value is -0.860. The standard InChI is InChI=1S/C13H19NO/c1-10-5-7-11(8-6-10)9-15-13-4-2-3-12(13)14/h5-8,12-13H,2-4,9,14H2,1H3/t12-,13-/m0/s1. The molecule has 1 fully saturated rings. The summed E-state index contributed by atoms with van der Waals surface area (Å²) in [5.74, 6) is 0. The second kappa shape index (κ2) is 4.77. The van der Waals surface area contributed by atoms with Gasteiger partial charge in [-0.2, -0.15) is 0 Å². The van der Waals surface area contributed by atoms with E-state index in [0.29, 0.717) is 6.61 Å². The van der Waals surface area contributed by atoms with Crippen molar-refractivity contribution >= 4 is 0 Å². The molecule has 0 unspecified atom stereocenters. The Balaban J connectivity index is 1.85. The molecule has 1 aromatic carbocycles. The van der Waals surface area contributed by atoms with Crippen molar-refractivity contribution in [2.45, 2.75) is 44.9 Å². The molecule has 2 N–H and O–H groups in total. The molecule has 1 aromatic rings. The third-order valence-corrected chi connectivity index (χ3v) is 3.09. The van der Waals surface area contributed by atoms with Crippen LogP contribution in [-0.4, -0.2) is 12.1 Å². The molecule has 2 atom stereocenters. The van der Waals surface area contributed by atoms with Crippen molar-refractivity contribution in [2.75, 3.05) is 0 Å². The van der Waals surface area contributed by atoms with Gasteiger partial charge in [0.05, 0.1) is 12.7 Å². The normalized spacial score (nSPS) is 25.7. The van der Waals surface area contributed by atoms with Gasteiger partial charge in [0.2, 0.25) is 0 Å². The summed E-state index contributed by atoms with van der Waals surface area (Å²) in [5.41, 5.74) is 8.47. The molecule has 0 heterocycles. The summed E-state index contributed by atoms with van der Waals surface area (Å²) in [6.45, 7) is 2.79. The van der Waals surface area contributed by atoms with Crippen LogP contribution in [-0.2, 0) is 11.3 Å². The molecule has 15 heavy (non-hydrogen) atoms. The Kier molecular flexibility index (Phi) is 3.39. The quantitative estimate of drug-likeness (QED) is 0.822. The lowest BCUT2D eigenvalue weighted by Gasteiger charge is -2.16. The molecular formula is C13H19NO. The number of hydrogen-bond acceptors (Lipinski definition) is 2. The first kappa shape index (κ1) is 10.7. The van der Waals surface area contributed by atoms with E-state index in [1.54, 1.807) is 0 Å². The van der Waals surface area contributed by atoms with Crippen LogP contribution in [0.4, 0.5) is 0 Å². The Morgan fingerprint density at radius 1 is 1.27 bits per heavy atom. The summed E-state index contributed by atoms with van der Waals surface area (Å²) in [5, 5.41) is 0. The molecule has 0 saturated heterocycles. The lowest BCUT2D eigenvalue weighted by molar-refractivity contribution is 0.0357. The summed E-state index contributed by atoms with van der Waals surface area (Å²) >= 11 is 0. The largest absolute Gasteiger partial charge is 0.372 e. The predicted octanol–water partition coefficient (Wildman–Crippen LogP) is 2.39. The highest BCUT2D eigenvalue weighted by Gasteiger charge is 2.24. The molecule has 1 aliphatic carbocycles. The van der Waals surface area contributed by atoms with Crippen LogP contribution in [0.15, 0.2) is 24.3 Å². The first-order valence-corrected chi connectivity index (χ1v) is 5.68. The van der Waals surface area contributed by atoms with Crippen LogP contribution in [0.2, 0.25) is 0 Å². The lowest BCUT2D eigenvalue weighted by atomic mass is 10.1. The van der Waals surface area contributed by atoms with E-state index in [4.69, 9.17) is 10.5 Å². The molecule has 2 heteroatoms. The minimum atomic E-state index is 0.246. The zero-order chi connectivity index (χ0) is 10.7. The van der Waals surface area contributed by atoms with Gasteiger partial charge >= 0.3 is 0 Å². The maximum Gasteiger partial charge on any atom is 0.0730 e. The van der Waals surface area contributed by atoms with Gasteiger partial charge in [-0.1, -0.05) is 29.8 Å². The highest BCUT2D eigenvalue weighted by Crippen LogP contribution is 2.21. The molecule has 1 aliphatic rings. The summed E-state index contributed by atoms with van der Waals surface area (Å²) < 4.78 is 5.82. The lowest BCUT2D eigenvalue weighted by Crippen LogP contribution is -2.31. The highest BCUT2D eigenvalue weighted by atomic mass is 16.5. The summed E-state index contributed by atoms with van der Waals surface area (Å²) in [4.78, 5) is 0. The Labute approximate surface area is 91.4 Å². The average Bonchev–Trinajstić information content (AvgIpc) is 2.63. The third-order valence-electron chi connectivity index (χ3n) is 3.09. The van der Waals surface area contributed by atoms with E-state index in [-0.39, 0.29) is 12.1 Å². The van der Waals surface area contributed by atoms with E-state index in [9.17, 15) is 0 Å². The maximum atomic E-state index is 5.94. The van der Waals surface area contributed by atoms with Crippen LogP contribution in [0.5, 0.6) is 0 Å². The Morgan fingerprint density at radius 3 is 2.60 bits per heavy atom. The molecule has 0 spiro atoms. The van der Waals surface area contributed by atoms with Crippen LogP contribution in [0, 0.1) is 6.92 Å². The van der Waals surface area contributed by atoms with Crippen LogP contribution < -0.4 is 5.73 Å². The third kappa shape index (κ3) is 2.80. The smallest absolute Gasteiger partial charge is 0.0730 e. The molecule has 0 aromatic heterocycles. The van der Waals surface area contributed by atoms with Crippen molar-refractivity contribution in [1.82, 2.24) is 0 Å². The number of nitrogens with two attached hydrogens (primary N) is 1. The average molecular weight is 205 g/mol. The van der Waals surface area contributed by atoms with E-state index in [1.165, 1.54) is 17.5 Å². The van der Waals surface area contributed by atoms with Crippen LogP contribution in [0.3, 0.4) is 0 Å². The number of aryl methyl sites for hydroxylation is 1. The van der Waals surface area contributed by atoms with E-state index in [0.717, 1.165) is 12.8 Å². The molecule has 0 bridgehead atoms. The van der Waals surface area contributed by atoms with E-state index in [1.807, 2.05) is 0 Å². The van der Waals surface area contributed by atoms with Gasteiger partial charge in [0.25, 0.3) is 0 Å². The molecule has 0 aliphatic heterocycles. The van der Waals surface area contributed by atoms with Crippen molar-refractivity contribution in [1.29, 1.82) is 0 Å². The van der Waals surface area contributed by atoms with Crippen molar-refractivity contribution in [2.24, 2.45) is 5.73 Å². The fourth-order valence-corrected chi connectivity index (χ4v) is 2.05. The fraction of sp³-hybridized carbons (Fsp3) is 0.538. The van der Waals surface area contributed by atoms with E-state index in [2.05, 4.69) is 31.2 Å². The van der Waals surface area contributed by atoms with Gasteiger partial charge < -0.3 is 10.5 Å². The fourth-order valence-electron chi connectivity index (χ4n) is 2.05. The van der Waals surface area contributed by atoms with Gasteiger partial charge in [-0.3, -0.25) is 0 Å². The SMILES string of the molecule is Cc1ccc(CO[C@H]2CCC[C@@H]2N)cc1. The van der Waals surface area contributed by atoms with Gasteiger partial charge in [-0.25, -0.2) is 0 Å². The first-order valence-electron chi connectivity index (χ1n) is 5.68. The monoisotopic (exact) mass is 205 g/mol. The van der Waals surface area contributed by atoms with Gasteiger partial charge in [-0.05, 0) is 31.7 Å². The molecule has 2 rings (SSSR count). The molecular weight excluding hydrogens is 186 g/mol. The molecule has 0 radical (unpaired) electrons. The molecule has 82 valence electrons. The first-order chi connectivity index (χ1) is 7.25. The number of benzene rings is 1. The van der Waals surface area contributed by atoms with Crippen LogP contribution in [0.1, 0.15) is 30.4 Å². The van der Waals surface area contributed by atoms with Gasteiger partial charge in [0, 0.05) is 6.04 Å². The number of ether oxygens (including phenoxy) is 1. The van der Waals surface area contributed by atoms with Crippen molar-refractivity contribution in [3.05, 3.63) is 35.4 Å². The highest BCUT2D eigenvalue weighted by molar-refractivity contribution is 5.20. The minimum absolute atomic E-state index is 0.246. The second-order valence-electron chi connectivity index (χ2n) is 4.43. The molecule has 1 saturated carbocycles. The van der Waals surface area contributed by atoms with Crippen molar-refractivity contribution in [3.63, 3.8) is 0 Å². The van der Waals surface area contributed by atoms with Gasteiger partial charge in [0.15, 0.2) is 0 Å². The van der Waals surface area contributed by atoms with Crippen LogP contribution in [0.25, 0.3) is 0 Å².